The molecule has 2 fully saturated rings. The van der Waals surface area contributed by atoms with Crippen LogP contribution in [-0.4, -0.2) is 53.8 Å². The van der Waals surface area contributed by atoms with Crippen molar-refractivity contribution in [2.45, 2.75) is 31.8 Å². The summed E-state index contributed by atoms with van der Waals surface area (Å²) in [4.78, 5) is 27.9. The van der Waals surface area contributed by atoms with Crippen molar-refractivity contribution in [1.29, 1.82) is 0 Å². The molecule has 2 heterocycles. The van der Waals surface area contributed by atoms with Crippen LogP contribution in [0.3, 0.4) is 0 Å². The quantitative estimate of drug-likeness (QED) is 0.905. The second-order valence-corrected chi connectivity index (χ2v) is 6.26. The third-order valence-electron chi connectivity index (χ3n) is 4.52. The van der Waals surface area contributed by atoms with Crippen molar-refractivity contribution in [1.82, 2.24) is 15.1 Å². The lowest BCUT2D eigenvalue weighted by molar-refractivity contribution is -0.146. The minimum Gasteiger partial charge on any atom is -0.335 e. The Labute approximate surface area is 135 Å². The van der Waals surface area contributed by atoms with E-state index < -0.39 is 0 Å². The molecule has 2 saturated heterocycles. The maximum atomic E-state index is 13.2. The monoisotopic (exact) mass is 319 g/mol. The van der Waals surface area contributed by atoms with Crippen molar-refractivity contribution in [3.8, 4) is 0 Å². The van der Waals surface area contributed by atoms with E-state index in [0.29, 0.717) is 26.1 Å². The van der Waals surface area contributed by atoms with Crippen LogP contribution in [0.15, 0.2) is 24.3 Å². The van der Waals surface area contributed by atoms with Crippen LogP contribution in [0.25, 0.3) is 0 Å². The average molecular weight is 319 g/mol. The van der Waals surface area contributed by atoms with Crippen LogP contribution in [0.1, 0.15) is 24.8 Å². The molecule has 3 rings (SSSR count). The van der Waals surface area contributed by atoms with Crippen LogP contribution in [0.4, 0.5) is 4.39 Å². The Morgan fingerprint density at radius 2 is 2.22 bits per heavy atom. The number of nitrogens with one attached hydrogen (secondary N) is 1. The lowest BCUT2D eigenvalue weighted by Gasteiger charge is -2.35. The summed E-state index contributed by atoms with van der Waals surface area (Å²) < 4.78 is 13.2. The van der Waals surface area contributed by atoms with Gasteiger partial charge in [0.25, 0.3) is 0 Å². The van der Waals surface area contributed by atoms with Gasteiger partial charge in [0, 0.05) is 32.1 Å². The van der Waals surface area contributed by atoms with E-state index in [2.05, 4.69) is 5.32 Å². The summed E-state index contributed by atoms with van der Waals surface area (Å²) in [7, 11) is 0. The predicted octanol–water partition coefficient (Wildman–Crippen LogP) is 1.14. The highest BCUT2D eigenvalue weighted by Gasteiger charge is 2.29. The molecule has 0 saturated carbocycles. The summed E-state index contributed by atoms with van der Waals surface area (Å²) in [6.07, 6.45) is 2.61. The topological polar surface area (TPSA) is 52.7 Å². The fourth-order valence-electron chi connectivity index (χ4n) is 3.22. The Hall–Kier alpha value is -1.95. The molecule has 6 heteroatoms. The Kier molecular flexibility index (Phi) is 4.91. The van der Waals surface area contributed by atoms with Gasteiger partial charge < -0.3 is 15.1 Å². The maximum absolute atomic E-state index is 13.2. The van der Waals surface area contributed by atoms with E-state index in [9.17, 15) is 14.0 Å². The number of benzene rings is 1. The van der Waals surface area contributed by atoms with E-state index >= 15 is 0 Å². The first-order chi connectivity index (χ1) is 11.1. The molecule has 0 aromatic heterocycles. The zero-order chi connectivity index (χ0) is 16.2. The molecule has 1 aromatic carbocycles. The number of hydrogen-bond acceptors (Lipinski definition) is 3. The number of nitrogens with zero attached hydrogens (tertiary/aromatic N) is 2. The third kappa shape index (κ3) is 4.07. The van der Waals surface area contributed by atoms with Gasteiger partial charge in [0.1, 0.15) is 5.82 Å². The number of hydrogen-bond donors (Lipinski definition) is 1. The first-order valence-corrected chi connectivity index (χ1v) is 8.15. The number of rotatable bonds is 4. The van der Waals surface area contributed by atoms with Gasteiger partial charge in [-0.25, -0.2) is 4.39 Å². The Morgan fingerprint density at radius 3 is 2.91 bits per heavy atom. The number of piperazine rings is 1. The van der Waals surface area contributed by atoms with E-state index in [1.165, 1.54) is 12.1 Å². The zero-order valence-electron chi connectivity index (χ0n) is 13.1. The van der Waals surface area contributed by atoms with E-state index in [1.807, 2.05) is 0 Å². The Balaban J connectivity index is 1.52. The maximum Gasteiger partial charge on any atom is 0.242 e. The molecule has 1 N–H and O–H groups in total. The number of carbonyl (C=O) groups is 2. The Morgan fingerprint density at radius 1 is 1.35 bits per heavy atom. The molecule has 5 nitrogen and oxygen atoms in total. The zero-order valence-corrected chi connectivity index (χ0v) is 13.1. The summed E-state index contributed by atoms with van der Waals surface area (Å²) in [5.74, 6) is -0.329. The van der Waals surface area contributed by atoms with Crippen LogP contribution >= 0.6 is 0 Å². The molecule has 2 amide bonds. The Bertz CT molecular complexity index is 587. The van der Waals surface area contributed by atoms with Crippen molar-refractivity contribution in [2.24, 2.45) is 0 Å². The summed E-state index contributed by atoms with van der Waals surface area (Å²) >= 11 is 0. The van der Waals surface area contributed by atoms with Crippen molar-refractivity contribution < 1.29 is 14.0 Å². The lowest BCUT2D eigenvalue weighted by Crippen LogP contribution is -2.52. The predicted molar refractivity (Wildman–Crippen MR) is 84.0 cm³/mol. The van der Waals surface area contributed by atoms with Crippen LogP contribution in [-0.2, 0) is 16.1 Å². The van der Waals surface area contributed by atoms with E-state index in [4.69, 9.17) is 0 Å². The third-order valence-corrected chi connectivity index (χ3v) is 4.52. The second-order valence-electron chi connectivity index (χ2n) is 6.26. The molecule has 0 bridgehead atoms. The standard InChI is InChI=1S/C17H22FN3O2/c18-14-4-1-3-13(9-14)11-20-7-8-21(12-17(20)23)16(22)10-15-5-2-6-19-15/h1,3-4,9,15,19H,2,5-8,10-12H2. The molecule has 1 aromatic rings. The lowest BCUT2D eigenvalue weighted by atomic mass is 10.1. The largest absolute Gasteiger partial charge is 0.335 e. The van der Waals surface area contributed by atoms with Crippen molar-refractivity contribution in [2.75, 3.05) is 26.2 Å². The van der Waals surface area contributed by atoms with Crippen molar-refractivity contribution >= 4 is 11.8 Å². The second kappa shape index (κ2) is 7.08. The summed E-state index contributed by atoms with van der Waals surface area (Å²) in [5, 5.41) is 3.31. The van der Waals surface area contributed by atoms with Crippen LogP contribution in [0, 0.1) is 5.82 Å². The van der Waals surface area contributed by atoms with E-state index in [1.54, 1.807) is 21.9 Å². The van der Waals surface area contributed by atoms with Gasteiger partial charge in [0.15, 0.2) is 0 Å². The summed E-state index contributed by atoms with van der Waals surface area (Å²) in [6.45, 7) is 2.54. The minimum absolute atomic E-state index is 0.0446. The van der Waals surface area contributed by atoms with Gasteiger partial charge in [0.2, 0.25) is 11.8 Å². The molecule has 0 radical (unpaired) electrons. The molecule has 23 heavy (non-hydrogen) atoms. The number of halogens is 1. The highest BCUT2D eigenvalue weighted by molar-refractivity contribution is 5.86. The molecule has 2 aliphatic rings. The molecular formula is C17H22FN3O2. The van der Waals surface area contributed by atoms with Gasteiger partial charge in [-0.15, -0.1) is 0 Å². The normalized spacial score (nSPS) is 21.8. The molecule has 0 spiro atoms. The summed E-state index contributed by atoms with van der Waals surface area (Å²) in [6, 6.07) is 6.53. The molecule has 1 unspecified atom stereocenters. The highest BCUT2D eigenvalue weighted by Crippen LogP contribution is 2.14. The molecule has 2 aliphatic heterocycles. The highest BCUT2D eigenvalue weighted by atomic mass is 19.1. The van der Waals surface area contributed by atoms with E-state index in [-0.39, 0.29) is 30.2 Å². The van der Waals surface area contributed by atoms with Crippen molar-refractivity contribution in [3.05, 3.63) is 35.6 Å². The van der Waals surface area contributed by atoms with Crippen LogP contribution < -0.4 is 5.32 Å². The minimum atomic E-state index is -0.298. The average Bonchev–Trinajstić information content (AvgIpc) is 3.02. The van der Waals surface area contributed by atoms with Gasteiger partial charge >= 0.3 is 0 Å². The fourth-order valence-corrected chi connectivity index (χ4v) is 3.22. The van der Waals surface area contributed by atoms with Crippen LogP contribution in [0.2, 0.25) is 0 Å². The number of carbonyl (C=O) groups excluding carboxylic acids is 2. The first-order valence-electron chi connectivity index (χ1n) is 8.15. The molecule has 0 aliphatic carbocycles. The van der Waals surface area contributed by atoms with Gasteiger partial charge in [-0.05, 0) is 37.1 Å². The van der Waals surface area contributed by atoms with Gasteiger partial charge in [-0.3, -0.25) is 9.59 Å². The van der Waals surface area contributed by atoms with E-state index in [0.717, 1.165) is 24.9 Å². The van der Waals surface area contributed by atoms with Crippen molar-refractivity contribution in [3.63, 3.8) is 0 Å². The SMILES string of the molecule is O=C(CC1CCCN1)N1CCN(Cc2cccc(F)c2)C(=O)C1. The van der Waals surface area contributed by atoms with Gasteiger partial charge in [-0.2, -0.15) is 0 Å². The fraction of sp³-hybridized carbons (Fsp3) is 0.529. The smallest absolute Gasteiger partial charge is 0.242 e. The first kappa shape index (κ1) is 15.9. The van der Waals surface area contributed by atoms with Crippen LogP contribution in [0.5, 0.6) is 0 Å². The van der Waals surface area contributed by atoms with Gasteiger partial charge in [-0.1, -0.05) is 12.1 Å². The molecule has 124 valence electrons. The molecular weight excluding hydrogens is 297 g/mol. The molecule has 1 atom stereocenters. The summed E-state index contributed by atoms with van der Waals surface area (Å²) in [5.41, 5.74) is 0.772. The van der Waals surface area contributed by atoms with Gasteiger partial charge in [0.05, 0.1) is 6.54 Å². The number of amides is 2.